The number of carbonyl (C=O) groups is 1. The van der Waals surface area contributed by atoms with Crippen molar-refractivity contribution in [3.63, 3.8) is 0 Å². The summed E-state index contributed by atoms with van der Waals surface area (Å²) >= 11 is 5.77. The quantitative estimate of drug-likeness (QED) is 0.863. The smallest absolute Gasteiger partial charge is 0.255 e. The van der Waals surface area contributed by atoms with E-state index in [1.165, 1.54) is 18.2 Å². The Kier molecular flexibility index (Phi) is 3.40. The van der Waals surface area contributed by atoms with E-state index in [1.807, 2.05) is 0 Å². The molecule has 4 heteroatoms. The van der Waals surface area contributed by atoms with Gasteiger partial charge in [-0.1, -0.05) is 29.8 Å². The van der Waals surface area contributed by atoms with Crippen LogP contribution in [0.1, 0.15) is 10.4 Å². The number of rotatable bonds is 2. The number of hydrogen-bond acceptors (Lipinski definition) is 1. The van der Waals surface area contributed by atoms with Gasteiger partial charge < -0.3 is 5.32 Å². The standard InChI is InChI=1S/C13H9ClFNO/c14-10-5-3-4-9(8-10)13(17)16-12-7-2-1-6-11(12)15/h1-8H,(H,16,17). The zero-order valence-electron chi connectivity index (χ0n) is 8.78. The van der Waals surface area contributed by atoms with Crippen molar-refractivity contribution >= 4 is 23.2 Å². The number of halogens is 2. The van der Waals surface area contributed by atoms with Gasteiger partial charge in [0.1, 0.15) is 5.82 Å². The predicted molar refractivity (Wildman–Crippen MR) is 65.8 cm³/mol. The highest BCUT2D eigenvalue weighted by atomic mass is 35.5. The van der Waals surface area contributed by atoms with Gasteiger partial charge in [0.2, 0.25) is 0 Å². The van der Waals surface area contributed by atoms with E-state index in [1.54, 1.807) is 30.3 Å². The van der Waals surface area contributed by atoms with Gasteiger partial charge >= 0.3 is 0 Å². The van der Waals surface area contributed by atoms with E-state index in [-0.39, 0.29) is 5.69 Å². The fourth-order valence-electron chi connectivity index (χ4n) is 1.39. The summed E-state index contributed by atoms with van der Waals surface area (Å²) in [5, 5.41) is 2.95. The minimum atomic E-state index is -0.470. The molecule has 0 bridgehead atoms. The van der Waals surface area contributed by atoms with Crippen LogP contribution in [0.3, 0.4) is 0 Å². The van der Waals surface area contributed by atoms with Crippen LogP contribution in [0.25, 0.3) is 0 Å². The highest BCUT2D eigenvalue weighted by Crippen LogP contribution is 2.15. The maximum atomic E-state index is 13.3. The van der Waals surface area contributed by atoms with Gasteiger partial charge in [-0.3, -0.25) is 4.79 Å². The van der Waals surface area contributed by atoms with E-state index in [0.29, 0.717) is 10.6 Å². The molecule has 0 saturated heterocycles. The average molecular weight is 250 g/mol. The zero-order chi connectivity index (χ0) is 12.3. The lowest BCUT2D eigenvalue weighted by Gasteiger charge is -2.06. The summed E-state index contributed by atoms with van der Waals surface area (Å²) in [6.45, 7) is 0. The highest BCUT2D eigenvalue weighted by molar-refractivity contribution is 6.31. The van der Waals surface area contributed by atoms with Crippen molar-refractivity contribution in [1.82, 2.24) is 0 Å². The SMILES string of the molecule is O=C(Nc1ccccc1F)c1cccc(Cl)c1. The second-order valence-electron chi connectivity index (χ2n) is 3.44. The van der Waals surface area contributed by atoms with Crippen LogP contribution in [-0.2, 0) is 0 Å². The monoisotopic (exact) mass is 249 g/mol. The van der Waals surface area contributed by atoms with E-state index in [9.17, 15) is 9.18 Å². The number of para-hydroxylation sites is 1. The first-order valence-electron chi connectivity index (χ1n) is 4.98. The summed E-state index contributed by atoms with van der Waals surface area (Å²) in [7, 11) is 0. The molecule has 1 N–H and O–H groups in total. The van der Waals surface area contributed by atoms with E-state index < -0.39 is 11.7 Å². The number of anilines is 1. The van der Waals surface area contributed by atoms with Crippen LogP contribution in [0.15, 0.2) is 48.5 Å². The number of amides is 1. The number of benzene rings is 2. The topological polar surface area (TPSA) is 29.1 Å². The molecule has 0 unspecified atom stereocenters. The maximum Gasteiger partial charge on any atom is 0.255 e. The molecule has 0 aliphatic heterocycles. The Morgan fingerprint density at radius 2 is 1.88 bits per heavy atom. The Balaban J connectivity index is 2.20. The third-order valence-electron chi connectivity index (χ3n) is 2.21. The Morgan fingerprint density at radius 1 is 1.12 bits per heavy atom. The molecule has 0 aliphatic rings. The van der Waals surface area contributed by atoms with Crippen LogP contribution < -0.4 is 5.32 Å². The Bertz CT molecular complexity index is 557. The van der Waals surface area contributed by atoms with Crippen molar-refractivity contribution in [2.75, 3.05) is 5.32 Å². The summed E-state index contributed by atoms with van der Waals surface area (Å²) < 4.78 is 13.3. The van der Waals surface area contributed by atoms with Gasteiger partial charge in [0, 0.05) is 10.6 Å². The van der Waals surface area contributed by atoms with Crippen LogP contribution in [0, 0.1) is 5.82 Å². The number of hydrogen-bond donors (Lipinski definition) is 1. The van der Waals surface area contributed by atoms with E-state index in [4.69, 9.17) is 11.6 Å². The zero-order valence-corrected chi connectivity index (χ0v) is 9.54. The number of carbonyl (C=O) groups excluding carboxylic acids is 1. The molecular formula is C13H9ClFNO. The van der Waals surface area contributed by atoms with Crippen LogP contribution in [-0.4, -0.2) is 5.91 Å². The van der Waals surface area contributed by atoms with E-state index in [2.05, 4.69) is 5.32 Å². The van der Waals surface area contributed by atoms with Gasteiger partial charge in [0.15, 0.2) is 0 Å². The first kappa shape index (κ1) is 11.6. The second-order valence-corrected chi connectivity index (χ2v) is 3.88. The third kappa shape index (κ3) is 2.82. The van der Waals surface area contributed by atoms with E-state index in [0.717, 1.165) is 0 Å². The van der Waals surface area contributed by atoms with Crippen LogP contribution >= 0.6 is 11.6 Å². The highest BCUT2D eigenvalue weighted by Gasteiger charge is 2.08. The lowest BCUT2D eigenvalue weighted by molar-refractivity contribution is 0.102. The second kappa shape index (κ2) is 4.97. The van der Waals surface area contributed by atoms with Crippen LogP contribution in [0.4, 0.5) is 10.1 Å². The average Bonchev–Trinajstić information content (AvgIpc) is 2.32. The molecule has 0 saturated carbocycles. The minimum absolute atomic E-state index is 0.150. The summed E-state index contributed by atoms with van der Waals surface area (Å²) in [6, 6.07) is 12.5. The molecule has 17 heavy (non-hydrogen) atoms. The van der Waals surface area contributed by atoms with Gasteiger partial charge in [0.25, 0.3) is 5.91 Å². The van der Waals surface area contributed by atoms with E-state index >= 15 is 0 Å². The van der Waals surface area contributed by atoms with Crippen molar-refractivity contribution in [1.29, 1.82) is 0 Å². The molecule has 2 rings (SSSR count). The Labute approximate surface area is 103 Å². The normalized spacial score (nSPS) is 10.0. The summed E-state index contributed by atoms with van der Waals surface area (Å²) in [5.74, 6) is -0.861. The first-order valence-corrected chi connectivity index (χ1v) is 5.36. The van der Waals surface area contributed by atoms with Crippen molar-refractivity contribution in [2.24, 2.45) is 0 Å². The van der Waals surface area contributed by atoms with Gasteiger partial charge in [-0.25, -0.2) is 4.39 Å². The molecular weight excluding hydrogens is 241 g/mol. The van der Waals surface area contributed by atoms with Gasteiger partial charge in [0.05, 0.1) is 5.69 Å². The van der Waals surface area contributed by atoms with Crippen LogP contribution in [0.2, 0.25) is 5.02 Å². The van der Waals surface area contributed by atoms with Gasteiger partial charge in [-0.15, -0.1) is 0 Å². The molecule has 2 aromatic rings. The van der Waals surface area contributed by atoms with Crippen LogP contribution in [0.5, 0.6) is 0 Å². The largest absolute Gasteiger partial charge is 0.319 e. The Hall–Kier alpha value is -1.87. The predicted octanol–water partition coefficient (Wildman–Crippen LogP) is 3.73. The summed E-state index contributed by atoms with van der Waals surface area (Å²) in [4.78, 5) is 11.8. The molecule has 0 radical (unpaired) electrons. The molecule has 86 valence electrons. The lowest BCUT2D eigenvalue weighted by atomic mass is 10.2. The summed E-state index contributed by atoms with van der Waals surface area (Å²) in [6.07, 6.45) is 0. The molecule has 0 heterocycles. The molecule has 0 aliphatic carbocycles. The van der Waals surface area contributed by atoms with Gasteiger partial charge in [-0.2, -0.15) is 0 Å². The molecule has 1 amide bonds. The third-order valence-corrected chi connectivity index (χ3v) is 2.44. The maximum absolute atomic E-state index is 13.3. The summed E-state index contributed by atoms with van der Waals surface area (Å²) in [5.41, 5.74) is 0.540. The molecule has 0 aromatic heterocycles. The molecule has 0 spiro atoms. The molecule has 0 atom stereocenters. The van der Waals surface area contributed by atoms with Crippen molar-refractivity contribution in [3.8, 4) is 0 Å². The van der Waals surface area contributed by atoms with Gasteiger partial charge in [-0.05, 0) is 30.3 Å². The number of nitrogens with one attached hydrogen (secondary N) is 1. The lowest BCUT2D eigenvalue weighted by Crippen LogP contribution is -2.12. The molecule has 2 nitrogen and oxygen atoms in total. The first-order chi connectivity index (χ1) is 8.16. The fraction of sp³-hybridized carbons (Fsp3) is 0. The van der Waals surface area contributed by atoms with Crippen molar-refractivity contribution in [2.45, 2.75) is 0 Å². The van der Waals surface area contributed by atoms with Crippen molar-refractivity contribution < 1.29 is 9.18 Å². The Morgan fingerprint density at radius 3 is 2.59 bits per heavy atom. The fourth-order valence-corrected chi connectivity index (χ4v) is 1.58. The minimum Gasteiger partial charge on any atom is -0.319 e. The molecule has 0 fully saturated rings. The van der Waals surface area contributed by atoms with Crippen molar-refractivity contribution in [3.05, 3.63) is 64.9 Å². The molecule has 2 aromatic carbocycles.